The number of carboxylic acid groups (broad SMARTS) is 1. The van der Waals surface area contributed by atoms with Crippen LogP contribution in [-0.4, -0.2) is 60.3 Å². The quantitative estimate of drug-likeness (QED) is 0.288. The summed E-state index contributed by atoms with van der Waals surface area (Å²) in [5.41, 5.74) is 8.09. The van der Waals surface area contributed by atoms with Gasteiger partial charge in [-0.25, -0.2) is 9.59 Å². The number of methoxy groups -OCH3 is 1. The Morgan fingerprint density at radius 3 is 1.80 bits per heavy atom. The number of nitrogens with two attached hydrogens (primary N) is 1. The highest BCUT2D eigenvalue weighted by Gasteiger charge is 2.38. The Morgan fingerprint density at radius 2 is 1.35 bits per heavy atom. The summed E-state index contributed by atoms with van der Waals surface area (Å²) in [5, 5.41) is 12.7. The summed E-state index contributed by atoms with van der Waals surface area (Å²) in [6, 6.07) is 16.7. The molecule has 12 heteroatoms. The summed E-state index contributed by atoms with van der Waals surface area (Å²) >= 11 is 0. The second kappa shape index (κ2) is 16.9. The molecular formula is C28H36F3N3O6. The number of aliphatic carboxylic acids is 1. The second-order valence-corrected chi connectivity index (χ2v) is 9.40. The molecule has 0 bridgehead atoms. The lowest BCUT2D eigenvalue weighted by Crippen LogP contribution is -2.55. The van der Waals surface area contributed by atoms with E-state index in [2.05, 4.69) is 10.6 Å². The highest BCUT2D eigenvalue weighted by Crippen LogP contribution is 2.13. The molecule has 9 nitrogen and oxygen atoms in total. The molecule has 3 atom stereocenters. The fraction of sp³-hybridized carbons (Fsp3) is 0.429. The summed E-state index contributed by atoms with van der Waals surface area (Å²) in [5.74, 6) is -3.97. The number of carboxylic acids is 1. The lowest BCUT2D eigenvalue weighted by molar-refractivity contribution is -0.192. The van der Waals surface area contributed by atoms with E-state index in [9.17, 15) is 27.6 Å². The fourth-order valence-electron chi connectivity index (χ4n) is 3.54. The van der Waals surface area contributed by atoms with Gasteiger partial charge in [0, 0.05) is 6.42 Å². The second-order valence-electron chi connectivity index (χ2n) is 9.40. The maximum atomic E-state index is 13.1. The SMILES string of the molecule is COC(=O)[C@H](Cc1ccccc1)NC(=O)[C@H](CC(C)C)NC(=O)[C@@H](N)CCc1ccccc1.O=C(O)C(F)(F)F. The average molecular weight is 568 g/mol. The van der Waals surface area contributed by atoms with Crippen molar-refractivity contribution in [3.8, 4) is 0 Å². The number of aryl methyl sites for hydroxylation is 1. The van der Waals surface area contributed by atoms with Gasteiger partial charge in [0.05, 0.1) is 13.2 Å². The molecule has 0 saturated heterocycles. The van der Waals surface area contributed by atoms with E-state index in [0.717, 1.165) is 11.1 Å². The van der Waals surface area contributed by atoms with Crippen molar-refractivity contribution in [2.24, 2.45) is 11.7 Å². The lowest BCUT2D eigenvalue weighted by Gasteiger charge is -2.24. The number of benzene rings is 2. The summed E-state index contributed by atoms with van der Waals surface area (Å²) in [6.07, 6.45) is -3.25. The molecule has 0 fully saturated rings. The van der Waals surface area contributed by atoms with Gasteiger partial charge in [0.25, 0.3) is 0 Å². The van der Waals surface area contributed by atoms with Crippen molar-refractivity contribution in [2.75, 3.05) is 7.11 Å². The molecule has 0 aromatic heterocycles. The smallest absolute Gasteiger partial charge is 0.475 e. The van der Waals surface area contributed by atoms with Crippen molar-refractivity contribution in [3.05, 3.63) is 71.8 Å². The summed E-state index contributed by atoms with van der Waals surface area (Å²) in [7, 11) is 1.28. The third kappa shape index (κ3) is 13.2. The van der Waals surface area contributed by atoms with E-state index in [4.69, 9.17) is 20.4 Å². The van der Waals surface area contributed by atoms with Crippen LogP contribution in [-0.2, 0) is 36.8 Å². The first-order valence-corrected chi connectivity index (χ1v) is 12.6. The van der Waals surface area contributed by atoms with Gasteiger partial charge < -0.3 is 26.2 Å². The highest BCUT2D eigenvalue weighted by molar-refractivity contribution is 5.92. The predicted octanol–water partition coefficient (Wildman–Crippen LogP) is 3.01. The van der Waals surface area contributed by atoms with Crippen LogP contribution >= 0.6 is 0 Å². The minimum absolute atomic E-state index is 0.146. The van der Waals surface area contributed by atoms with Gasteiger partial charge in [0.2, 0.25) is 11.8 Å². The number of amides is 2. The number of rotatable bonds is 12. The normalized spacial score (nSPS) is 13.2. The van der Waals surface area contributed by atoms with E-state index in [0.29, 0.717) is 19.3 Å². The highest BCUT2D eigenvalue weighted by atomic mass is 19.4. The van der Waals surface area contributed by atoms with Crippen molar-refractivity contribution in [1.29, 1.82) is 0 Å². The zero-order valence-electron chi connectivity index (χ0n) is 22.6. The molecule has 0 radical (unpaired) electrons. The summed E-state index contributed by atoms with van der Waals surface area (Å²) in [6.45, 7) is 3.92. The van der Waals surface area contributed by atoms with Gasteiger partial charge >= 0.3 is 18.1 Å². The zero-order valence-corrected chi connectivity index (χ0v) is 22.6. The number of hydrogen-bond acceptors (Lipinski definition) is 6. The Hall–Kier alpha value is -3.93. The number of halogens is 3. The van der Waals surface area contributed by atoms with E-state index in [-0.39, 0.29) is 18.2 Å². The summed E-state index contributed by atoms with van der Waals surface area (Å²) < 4.78 is 36.6. The number of ether oxygens (including phenoxy) is 1. The van der Waals surface area contributed by atoms with Gasteiger partial charge in [-0.2, -0.15) is 13.2 Å². The standard InChI is InChI=1S/C26H35N3O4.C2HF3O2/c1-18(2)16-22(28-24(30)21(27)15-14-19-10-6-4-7-11-19)25(31)29-23(26(32)33-3)17-20-12-8-5-9-13-20;3-2(4,5)1(6)7/h4-13,18,21-23H,14-17,27H2,1-3H3,(H,28,30)(H,29,31);(H,6,7)/t21-,22-,23-;/m0./s1. The first-order valence-electron chi connectivity index (χ1n) is 12.6. The molecule has 5 N–H and O–H groups in total. The van der Waals surface area contributed by atoms with E-state index < -0.39 is 42.1 Å². The van der Waals surface area contributed by atoms with E-state index in [1.54, 1.807) is 0 Å². The number of alkyl halides is 3. The molecule has 0 aliphatic rings. The van der Waals surface area contributed by atoms with Crippen LogP contribution < -0.4 is 16.4 Å². The van der Waals surface area contributed by atoms with Crippen LogP contribution in [0.5, 0.6) is 0 Å². The number of hydrogen-bond donors (Lipinski definition) is 4. The maximum Gasteiger partial charge on any atom is 0.490 e. The van der Waals surface area contributed by atoms with Crippen LogP contribution in [0.2, 0.25) is 0 Å². The van der Waals surface area contributed by atoms with Crippen LogP contribution in [0.25, 0.3) is 0 Å². The number of carbonyl (C=O) groups is 4. The van der Waals surface area contributed by atoms with Crippen LogP contribution in [0.1, 0.15) is 37.8 Å². The summed E-state index contributed by atoms with van der Waals surface area (Å²) in [4.78, 5) is 47.0. The van der Waals surface area contributed by atoms with Gasteiger partial charge in [-0.15, -0.1) is 0 Å². The van der Waals surface area contributed by atoms with E-state index >= 15 is 0 Å². The van der Waals surface area contributed by atoms with Crippen molar-refractivity contribution in [1.82, 2.24) is 10.6 Å². The molecule has 2 amide bonds. The first-order chi connectivity index (χ1) is 18.7. The zero-order chi connectivity index (χ0) is 30.3. The van der Waals surface area contributed by atoms with Crippen LogP contribution in [0.3, 0.4) is 0 Å². The fourth-order valence-corrected chi connectivity index (χ4v) is 3.54. The Bertz CT molecular complexity index is 1080. The maximum absolute atomic E-state index is 13.1. The molecule has 0 aliphatic carbocycles. The van der Waals surface area contributed by atoms with Gasteiger partial charge in [-0.05, 0) is 36.3 Å². The molecule has 220 valence electrons. The van der Waals surface area contributed by atoms with Crippen LogP contribution in [0.4, 0.5) is 13.2 Å². The van der Waals surface area contributed by atoms with Crippen molar-refractivity contribution < 1.29 is 42.2 Å². The molecule has 40 heavy (non-hydrogen) atoms. The van der Waals surface area contributed by atoms with Gasteiger partial charge in [-0.1, -0.05) is 74.5 Å². The number of nitrogens with one attached hydrogen (secondary N) is 2. The largest absolute Gasteiger partial charge is 0.490 e. The van der Waals surface area contributed by atoms with Gasteiger partial charge in [0.1, 0.15) is 12.1 Å². The number of carbonyl (C=O) groups excluding carboxylic acids is 3. The monoisotopic (exact) mass is 567 g/mol. The molecular weight excluding hydrogens is 531 g/mol. The molecule has 0 unspecified atom stereocenters. The topological polar surface area (TPSA) is 148 Å². The average Bonchev–Trinajstić information content (AvgIpc) is 2.91. The first kappa shape index (κ1) is 34.1. The Labute approximate surface area is 231 Å². The lowest BCUT2D eigenvalue weighted by atomic mass is 10.00. The molecule has 0 heterocycles. The van der Waals surface area contributed by atoms with Crippen LogP contribution in [0, 0.1) is 5.92 Å². The Morgan fingerprint density at radius 1 is 0.875 bits per heavy atom. The third-order valence-electron chi connectivity index (χ3n) is 5.59. The molecule has 0 spiro atoms. The van der Waals surface area contributed by atoms with E-state index in [1.165, 1.54) is 7.11 Å². The minimum Gasteiger partial charge on any atom is -0.475 e. The third-order valence-corrected chi connectivity index (χ3v) is 5.59. The van der Waals surface area contributed by atoms with Gasteiger partial charge in [0.15, 0.2) is 0 Å². The molecule has 2 aromatic carbocycles. The number of esters is 1. The van der Waals surface area contributed by atoms with Crippen LogP contribution in [0.15, 0.2) is 60.7 Å². The predicted molar refractivity (Wildman–Crippen MR) is 142 cm³/mol. The molecule has 0 saturated carbocycles. The van der Waals surface area contributed by atoms with Crippen molar-refractivity contribution >= 4 is 23.8 Å². The van der Waals surface area contributed by atoms with E-state index in [1.807, 2.05) is 74.5 Å². The minimum atomic E-state index is -5.08. The Kier molecular flexibility index (Phi) is 14.4. The Balaban J connectivity index is 0.00000101. The van der Waals surface area contributed by atoms with Gasteiger partial charge in [-0.3, -0.25) is 9.59 Å². The van der Waals surface area contributed by atoms with Crippen molar-refractivity contribution in [2.45, 2.75) is 63.8 Å². The van der Waals surface area contributed by atoms with Crippen molar-refractivity contribution in [3.63, 3.8) is 0 Å². The molecule has 2 aromatic rings. The molecule has 0 aliphatic heterocycles. The molecule has 2 rings (SSSR count).